The van der Waals surface area contributed by atoms with Gasteiger partial charge in [-0.1, -0.05) is 37.8 Å². The average Bonchev–Trinajstić information content (AvgIpc) is 2.70. The second-order valence-electron chi connectivity index (χ2n) is 3.93. The van der Waals surface area contributed by atoms with Gasteiger partial charge in [-0.25, -0.2) is 0 Å². The Kier molecular flexibility index (Phi) is 3.86. The van der Waals surface area contributed by atoms with E-state index in [4.69, 9.17) is 20.9 Å². The first kappa shape index (κ1) is 13.3. The molecule has 0 saturated carbocycles. The highest BCUT2D eigenvalue weighted by molar-refractivity contribution is 7.21. The van der Waals surface area contributed by atoms with Gasteiger partial charge in [0.2, 0.25) is 0 Å². The van der Waals surface area contributed by atoms with Crippen LogP contribution in [-0.4, -0.2) is 17.7 Å². The minimum atomic E-state index is 0.572. The molecule has 1 aromatic heterocycles. The first-order valence-electron chi connectivity index (χ1n) is 5.41. The van der Waals surface area contributed by atoms with Crippen molar-refractivity contribution in [1.82, 2.24) is 5.16 Å². The summed E-state index contributed by atoms with van der Waals surface area (Å²) in [5, 5.41) is 4.72. The Hall–Kier alpha value is -1.15. The van der Waals surface area contributed by atoms with Crippen LogP contribution in [0.15, 0.2) is 22.7 Å². The number of methoxy groups -OCH3 is 1. The van der Waals surface area contributed by atoms with Gasteiger partial charge in [0, 0.05) is 12.7 Å². The maximum Gasteiger partial charge on any atom is 0.144 e. The number of halogens is 1. The van der Waals surface area contributed by atoms with Crippen molar-refractivity contribution >= 4 is 25.9 Å². The number of rotatable bonds is 3. The van der Waals surface area contributed by atoms with E-state index in [0.717, 1.165) is 16.7 Å². The summed E-state index contributed by atoms with van der Waals surface area (Å²) in [6.45, 7) is 3.81. The zero-order valence-corrected chi connectivity index (χ0v) is 12.1. The van der Waals surface area contributed by atoms with E-state index in [0.29, 0.717) is 22.0 Å². The predicted octanol–water partition coefficient (Wildman–Crippen LogP) is 3.88. The molecule has 0 aliphatic heterocycles. The first-order valence-corrected chi connectivity index (χ1v) is 6.28. The maximum atomic E-state index is 6.25. The van der Waals surface area contributed by atoms with Crippen LogP contribution < -0.4 is 0 Å². The molecule has 0 spiro atoms. The highest BCUT2D eigenvalue weighted by Gasteiger charge is 2.21. The van der Waals surface area contributed by atoms with E-state index >= 15 is 0 Å². The van der Waals surface area contributed by atoms with Crippen molar-refractivity contribution in [3.05, 3.63) is 40.1 Å². The second kappa shape index (κ2) is 5.23. The lowest BCUT2D eigenvalue weighted by atomic mass is 10.0. The monoisotopic (exact) mass is 281 g/mol. The van der Waals surface area contributed by atoms with Gasteiger partial charge in [-0.2, -0.15) is 0 Å². The van der Waals surface area contributed by atoms with E-state index in [2.05, 4.69) is 14.0 Å². The molecule has 1 aromatic carbocycles. The smallest absolute Gasteiger partial charge is 0.144 e. The standard InChI is InChI=1S/C13H13ClNO2P/c1-7-5-4-6-9(14)10(7)12-11(13(18)16-3)8(2)17-15-12/h4-6,18H,1-3H3. The van der Waals surface area contributed by atoms with Crippen LogP contribution in [-0.2, 0) is 4.74 Å². The molecule has 94 valence electrons. The topological polar surface area (TPSA) is 35.3 Å². The average molecular weight is 282 g/mol. The zero-order chi connectivity index (χ0) is 13.3. The van der Waals surface area contributed by atoms with Gasteiger partial charge in [0.25, 0.3) is 0 Å². The molecular formula is C13H13ClNO2P. The Labute approximate surface area is 113 Å². The molecule has 5 heteroatoms. The number of benzene rings is 1. The number of nitrogens with zero attached hydrogens (tertiary/aromatic N) is 1. The number of aryl methyl sites for hydroxylation is 2. The van der Waals surface area contributed by atoms with Crippen molar-refractivity contribution in [1.29, 1.82) is 0 Å². The van der Waals surface area contributed by atoms with Crippen LogP contribution in [0.25, 0.3) is 11.3 Å². The Balaban J connectivity index is 2.69. The Morgan fingerprint density at radius 2 is 2.11 bits per heavy atom. The van der Waals surface area contributed by atoms with Crippen molar-refractivity contribution in [2.75, 3.05) is 7.11 Å². The summed E-state index contributed by atoms with van der Waals surface area (Å²) in [6, 6.07) is 5.72. The lowest BCUT2D eigenvalue weighted by Crippen LogP contribution is -2.02. The molecule has 0 bridgehead atoms. The van der Waals surface area contributed by atoms with Gasteiger partial charge in [-0.05, 0) is 25.5 Å². The Bertz CT molecular complexity index is 587. The fourth-order valence-electron chi connectivity index (χ4n) is 1.84. The SMILES string of the molecule is COC(=P)c1c(-c2c(C)cccc2Cl)noc1C. The van der Waals surface area contributed by atoms with E-state index in [1.807, 2.05) is 32.0 Å². The fraction of sp³-hybridized carbons (Fsp3) is 0.231. The molecule has 0 atom stereocenters. The molecule has 0 unspecified atom stereocenters. The zero-order valence-electron chi connectivity index (χ0n) is 10.4. The van der Waals surface area contributed by atoms with E-state index in [9.17, 15) is 0 Å². The lowest BCUT2D eigenvalue weighted by Gasteiger charge is -2.08. The molecule has 1 heterocycles. The molecule has 2 rings (SSSR count). The van der Waals surface area contributed by atoms with Crippen LogP contribution in [0.3, 0.4) is 0 Å². The van der Waals surface area contributed by atoms with Crippen molar-refractivity contribution < 1.29 is 9.26 Å². The third-order valence-electron chi connectivity index (χ3n) is 2.75. The second-order valence-corrected chi connectivity index (χ2v) is 4.79. The third-order valence-corrected chi connectivity index (χ3v) is 3.52. The largest absolute Gasteiger partial charge is 0.360 e. The minimum absolute atomic E-state index is 0.572. The van der Waals surface area contributed by atoms with Crippen molar-refractivity contribution in [2.45, 2.75) is 13.8 Å². The van der Waals surface area contributed by atoms with Crippen LogP contribution in [0, 0.1) is 13.8 Å². The molecule has 0 fully saturated rings. The molecule has 2 aromatic rings. The molecule has 0 aliphatic rings. The maximum absolute atomic E-state index is 6.25. The normalized spacial score (nSPS) is 10.7. The van der Waals surface area contributed by atoms with Crippen LogP contribution in [0.1, 0.15) is 16.9 Å². The van der Waals surface area contributed by atoms with Gasteiger partial charge >= 0.3 is 0 Å². The summed E-state index contributed by atoms with van der Waals surface area (Å²) >= 11 is 6.25. The highest BCUT2D eigenvalue weighted by Crippen LogP contribution is 2.34. The summed E-state index contributed by atoms with van der Waals surface area (Å²) in [6.07, 6.45) is 0. The summed E-state index contributed by atoms with van der Waals surface area (Å²) < 4.78 is 10.4. The Morgan fingerprint density at radius 1 is 1.39 bits per heavy atom. The van der Waals surface area contributed by atoms with E-state index in [1.54, 1.807) is 7.11 Å². The van der Waals surface area contributed by atoms with Crippen LogP contribution >= 0.6 is 20.5 Å². The first-order chi connectivity index (χ1) is 8.56. The van der Waals surface area contributed by atoms with Crippen LogP contribution in [0.5, 0.6) is 0 Å². The van der Waals surface area contributed by atoms with Gasteiger partial charge < -0.3 is 9.26 Å². The molecule has 0 amide bonds. The molecule has 0 radical (unpaired) electrons. The highest BCUT2D eigenvalue weighted by atomic mass is 35.5. The molecule has 18 heavy (non-hydrogen) atoms. The van der Waals surface area contributed by atoms with E-state index < -0.39 is 0 Å². The van der Waals surface area contributed by atoms with Crippen LogP contribution in [0.4, 0.5) is 0 Å². The minimum Gasteiger partial charge on any atom is -0.360 e. The number of aromatic nitrogens is 1. The van der Waals surface area contributed by atoms with E-state index in [-0.39, 0.29) is 0 Å². The van der Waals surface area contributed by atoms with Gasteiger partial charge in [0.05, 0.1) is 10.6 Å². The van der Waals surface area contributed by atoms with Crippen molar-refractivity contribution in [3.63, 3.8) is 0 Å². The van der Waals surface area contributed by atoms with Crippen molar-refractivity contribution in [2.24, 2.45) is 0 Å². The van der Waals surface area contributed by atoms with Gasteiger partial charge in [0.1, 0.15) is 16.9 Å². The van der Waals surface area contributed by atoms with Gasteiger partial charge in [-0.15, -0.1) is 0 Å². The van der Waals surface area contributed by atoms with Gasteiger partial charge in [0.15, 0.2) is 0 Å². The summed E-state index contributed by atoms with van der Waals surface area (Å²) in [5.41, 5.74) is 3.93. The summed E-state index contributed by atoms with van der Waals surface area (Å²) in [4.78, 5) is 0. The van der Waals surface area contributed by atoms with Gasteiger partial charge in [-0.3, -0.25) is 0 Å². The quantitative estimate of drug-likeness (QED) is 0.801. The van der Waals surface area contributed by atoms with E-state index in [1.165, 1.54) is 0 Å². The third kappa shape index (κ3) is 2.22. The Morgan fingerprint density at radius 3 is 2.72 bits per heavy atom. The fourth-order valence-corrected chi connectivity index (χ4v) is 2.45. The molecule has 0 N–H and O–H groups in total. The number of ether oxygens (including phenoxy) is 1. The van der Waals surface area contributed by atoms with Crippen LogP contribution in [0.2, 0.25) is 5.02 Å². The summed E-state index contributed by atoms with van der Waals surface area (Å²) in [7, 11) is 5.00. The van der Waals surface area contributed by atoms with Crippen molar-refractivity contribution in [3.8, 4) is 11.3 Å². The lowest BCUT2D eigenvalue weighted by molar-refractivity contribution is 0.395. The number of hydrogen-bond acceptors (Lipinski definition) is 3. The molecule has 0 saturated heterocycles. The molecular weight excluding hydrogens is 269 g/mol. The molecule has 0 aliphatic carbocycles. The number of hydrogen-bond donors (Lipinski definition) is 0. The predicted molar refractivity (Wildman–Crippen MR) is 75.9 cm³/mol. The molecule has 3 nitrogen and oxygen atoms in total. The summed E-state index contributed by atoms with van der Waals surface area (Å²) in [5.74, 6) is 0.677.